The molecule has 0 atom stereocenters. The summed E-state index contributed by atoms with van der Waals surface area (Å²) in [5, 5.41) is 5.87. The quantitative estimate of drug-likeness (QED) is 0.564. The summed E-state index contributed by atoms with van der Waals surface area (Å²) in [7, 11) is 0. The summed E-state index contributed by atoms with van der Waals surface area (Å²) in [6.07, 6.45) is 1.50. The second kappa shape index (κ2) is 9.06. The minimum Gasteiger partial charge on any atom is -0.494 e. The number of hydrogen-bond acceptors (Lipinski definition) is 3. The molecule has 0 aliphatic heterocycles. The van der Waals surface area contributed by atoms with Crippen LogP contribution in [0.2, 0.25) is 0 Å². The predicted molar refractivity (Wildman–Crippen MR) is 105 cm³/mol. The number of rotatable bonds is 7. The monoisotopic (exact) mass is 362 g/mol. The van der Waals surface area contributed by atoms with Crippen molar-refractivity contribution in [1.82, 2.24) is 10.6 Å². The molecule has 1 rings (SSSR count). The smallest absolute Gasteiger partial charge is 0.227 e. The van der Waals surface area contributed by atoms with E-state index in [-0.39, 0.29) is 11.8 Å². The number of carbonyl (C=O) groups is 2. The maximum Gasteiger partial charge on any atom is 0.227 e. The Labute approximate surface area is 157 Å². The van der Waals surface area contributed by atoms with Gasteiger partial charge in [-0.2, -0.15) is 0 Å². The zero-order valence-corrected chi connectivity index (χ0v) is 17.2. The van der Waals surface area contributed by atoms with Gasteiger partial charge in [-0.05, 0) is 24.1 Å². The largest absolute Gasteiger partial charge is 0.494 e. The third-order valence-electron chi connectivity index (χ3n) is 3.89. The molecule has 0 aliphatic rings. The van der Waals surface area contributed by atoms with Crippen molar-refractivity contribution in [2.75, 3.05) is 6.61 Å². The van der Waals surface area contributed by atoms with Crippen LogP contribution in [-0.4, -0.2) is 18.4 Å². The highest BCUT2D eigenvalue weighted by Gasteiger charge is 2.28. The number of amides is 2. The van der Waals surface area contributed by atoms with Crippen LogP contribution in [0.5, 0.6) is 5.75 Å². The van der Waals surface area contributed by atoms with Gasteiger partial charge in [0.05, 0.1) is 6.61 Å². The summed E-state index contributed by atoms with van der Waals surface area (Å²) in [5.74, 6) is 0.533. The molecule has 0 saturated carbocycles. The molecule has 0 heterocycles. The summed E-state index contributed by atoms with van der Waals surface area (Å²) in [6.45, 7) is 13.9. The Hall–Kier alpha value is -2.04. The first-order valence-corrected chi connectivity index (χ1v) is 9.30. The van der Waals surface area contributed by atoms with E-state index in [1.54, 1.807) is 0 Å². The van der Waals surface area contributed by atoms with Crippen LogP contribution in [0.4, 0.5) is 0 Å². The number of unbranched alkanes of at least 4 members (excludes halogenated alkanes) is 1. The average Bonchev–Trinajstić information content (AvgIpc) is 2.53. The molecule has 1 aromatic rings. The predicted octanol–water partition coefficient (Wildman–Crippen LogP) is 4.19. The van der Waals surface area contributed by atoms with Crippen LogP contribution in [0.3, 0.4) is 0 Å². The lowest BCUT2D eigenvalue weighted by atomic mass is 9.94. The molecule has 0 aromatic heterocycles. The van der Waals surface area contributed by atoms with Crippen LogP contribution in [0.1, 0.15) is 73.0 Å². The molecule has 5 heteroatoms. The number of carbonyl (C=O) groups excluding carboxylic acids is 2. The van der Waals surface area contributed by atoms with Crippen LogP contribution in [0.15, 0.2) is 24.3 Å². The lowest BCUT2D eigenvalue weighted by molar-refractivity contribution is -0.132. The van der Waals surface area contributed by atoms with E-state index in [1.807, 2.05) is 65.8 Å². The van der Waals surface area contributed by atoms with Gasteiger partial charge in [0, 0.05) is 10.8 Å². The van der Waals surface area contributed by atoms with Gasteiger partial charge in [0.25, 0.3) is 0 Å². The van der Waals surface area contributed by atoms with Gasteiger partial charge >= 0.3 is 0 Å². The van der Waals surface area contributed by atoms with Crippen molar-refractivity contribution in [3.8, 4) is 5.75 Å². The fourth-order valence-electron chi connectivity index (χ4n) is 1.99. The van der Waals surface area contributed by atoms with Gasteiger partial charge in [-0.3, -0.25) is 9.59 Å². The minimum atomic E-state index is -0.585. The van der Waals surface area contributed by atoms with Crippen molar-refractivity contribution in [3.63, 3.8) is 0 Å². The molecule has 0 bridgehead atoms. The second-order valence-electron chi connectivity index (χ2n) is 8.65. The molecule has 0 unspecified atom stereocenters. The van der Waals surface area contributed by atoms with Gasteiger partial charge < -0.3 is 15.4 Å². The lowest BCUT2D eigenvalue weighted by Crippen LogP contribution is -2.47. The number of ether oxygens (including phenoxy) is 1. The van der Waals surface area contributed by atoms with Gasteiger partial charge in [-0.1, -0.05) is 67.0 Å². The van der Waals surface area contributed by atoms with Crippen LogP contribution in [-0.2, 0) is 9.59 Å². The summed E-state index contributed by atoms with van der Waals surface area (Å²) < 4.78 is 5.68. The Morgan fingerprint density at radius 1 is 0.923 bits per heavy atom. The van der Waals surface area contributed by atoms with Crippen molar-refractivity contribution < 1.29 is 14.3 Å². The number of nitrogens with one attached hydrogen (secondary N) is 2. The first kappa shape index (κ1) is 22.0. The van der Waals surface area contributed by atoms with Crippen molar-refractivity contribution in [1.29, 1.82) is 0 Å². The number of hydrogen-bond donors (Lipinski definition) is 2. The SMILES string of the molecule is CCCCOc1ccc(C(NC(=O)C(C)(C)C)NC(=O)C(C)(C)C)cc1. The highest BCUT2D eigenvalue weighted by molar-refractivity contribution is 5.84. The molecule has 2 amide bonds. The van der Waals surface area contributed by atoms with Gasteiger partial charge in [0.2, 0.25) is 11.8 Å². The fraction of sp³-hybridized carbons (Fsp3) is 0.619. The van der Waals surface area contributed by atoms with Crippen molar-refractivity contribution in [2.24, 2.45) is 10.8 Å². The maximum absolute atomic E-state index is 12.4. The maximum atomic E-state index is 12.4. The van der Waals surface area contributed by atoms with E-state index in [0.29, 0.717) is 6.61 Å². The van der Waals surface area contributed by atoms with Crippen molar-refractivity contribution >= 4 is 11.8 Å². The topological polar surface area (TPSA) is 67.4 Å². The van der Waals surface area contributed by atoms with Crippen LogP contribution < -0.4 is 15.4 Å². The van der Waals surface area contributed by atoms with E-state index in [1.165, 1.54) is 0 Å². The molecule has 2 N–H and O–H groups in total. The normalized spacial score (nSPS) is 12.0. The van der Waals surface area contributed by atoms with Crippen molar-refractivity contribution in [2.45, 2.75) is 67.5 Å². The molecule has 146 valence electrons. The van der Waals surface area contributed by atoms with Crippen LogP contribution in [0, 0.1) is 10.8 Å². The Morgan fingerprint density at radius 3 is 1.77 bits per heavy atom. The van der Waals surface area contributed by atoms with E-state index < -0.39 is 17.0 Å². The minimum absolute atomic E-state index is 0.125. The Balaban J connectivity index is 2.96. The Bertz CT molecular complexity index is 567. The van der Waals surface area contributed by atoms with E-state index in [2.05, 4.69) is 17.6 Å². The molecule has 0 radical (unpaired) electrons. The highest BCUT2D eigenvalue weighted by Crippen LogP contribution is 2.22. The molecular formula is C21H34N2O3. The summed E-state index contributed by atoms with van der Waals surface area (Å²) >= 11 is 0. The molecule has 0 fully saturated rings. The van der Waals surface area contributed by atoms with Crippen molar-refractivity contribution in [3.05, 3.63) is 29.8 Å². The third kappa shape index (κ3) is 7.06. The van der Waals surface area contributed by atoms with Crippen LogP contribution >= 0.6 is 0 Å². The Morgan fingerprint density at radius 2 is 1.38 bits per heavy atom. The lowest BCUT2D eigenvalue weighted by Gasteiger charge is -2.28. The molecular weight excluding hydrogens is 328 g/mol. The molecule has 1 aromatic carbocycles. The van der Waals surface area contributed by atoms with E-state index in [9.17, 15) is 9.59 Å². The van der Waals surface area contributed by atoms with Gasteiger partial charge in [0.15, 0.2) is 0 Å². The van der Waals surface area contributed by atoms with Crippen LogP contribution in [0.25, 0.3) is 0 Å². The van der Waals surface area contributed by atoms with E-state index in [0.717, 1.165) is 24.2 Å². The Kier molecular flexibility index (Phi) is 7.67. The first-order valence-electron chi connectivity index (χ1n) is 9.30. The van der Waals surface area contributed by atoms with Gasteiger partial charge in [-0.15, -0.1) is 0 Å². The average molecular weight is 363 g/mol. The summed E-state index contributed by atoms with van der Waals surface area (Å²) in [4.78, 5) is 24.9. The summed E-state index contributed by atoms with van der Waals surface area (Å²) in [6, 6.07) is 7.48. The zero-order chi connectivity index (χ0) is 20.0. The molecule has 5 nitrogen and oxygen atoms in total. The van der Waals surface area contributed by atoms with Gasteiger partial charge in [-0.25, -0.2) is 0 Å². The number of benzene rings is 1. The zero-order valence-electron chi connectivity index (χ0n) is 17.2. The molecule has 26 heavy (non-hydrogen) atoms. The van der Waals surface area contributed by atoms with E-state index >= 15 is 0 Å². The second-order valence-corrected chi connectivity index (χ2v) is 8.65. The molecule has 0 saturated heterocycles. The highest BCUT2D eigenvalue weighted by atomic mass is 16.5. The first-order chi connectivity index (χ1) is 11.9. The third-order valence-corrected chi connectivity index (χ3v) is 3.89. The van der Waals surface area contributed by atoms with Gasteiger partial charge in [0.1, 0.15) is 11.9 Å². The summed E-state index contributed by atoms with van der Waals surface area (Å²) in [5.41, 5.74) is -0.287. The fourth-order valence-corrected chi connectivity index (χ4v) is 1.99. The molecule has 0 aliphatic carbocycles. The molecule has 0 spiro atoms. The standard InChI is InChI=1S/C21H34N2O3/c1-8-9-14-26-16-12-10-15(11-13-16)17(22-18(24)20(2,3)4)23-19(25)21(5,6)7/h10-13,17H,8-9,14H2,1-7H3,(H,22,24)(H,23,25). The van der Waals surface area contributed by atoms with E-state index in [4.69, 9.17) is 4.74 Å².